The van der Waals surface area contributed by atoms with E-state index in [4.69, 9.17) is 4.42 Å². The number of hydrogen-bond acceptors (Lipinski definition) is 3. The third kappa shape index (κ3) is 5.96. The van der Waals surface area contributed by atoms with Gasteiger partial charge in [-0.2, -0.15) is 11.8 Å². The highest BCUT2D eigenvalue weighted by atomic mass is 32.2. The predicted molar refractivity (Wildman–Crippen MR) is 80.9 cm³/mol. The first-order chi connectivity index (χ1) is 8.80. The summed E-state index contributed by atoms with van der Waals surface area (Å²) in [4.78, 5) is 0. The van der Waals surface area contributed by atoms with E-state index in [0.717, 1.165) is 36.3 Å². The molecule has 1 heterocycles. The number of thioether (sulfide) groups is 1. The molecular weight excluding hydrogens is 242 g/mol. The van der Waals surface area contributed by atoms with E-state index in [0.29, 0.717) is 0 Å². The van der Waals surface area contributed by atoms with Crippen LogP contribution in [0.3, 0.4) is 0 Å². The van der Waals surface area contributed by atoms with Crippen LogP contribution in [0.1, 0.15) is 51.1 Å². The van der Waals surface area contributed by atoms with Gasteiger partial charge >= 0.3 is 0 Å². The third-order valence-electron chi connectivity index (χ3n) is 3.28. The van der Waals surface area contributed by atoms with Crippen molar-refractivity contribution in [3.05, 3.63) is 23.7 Å². The van der Waals surface area contributed by atoms with Crippen molar-refractivity contribution < 1.29 is 4.42 Å². The van der Waals surface area contributed by atoms with Crippen molar-refractivity contribution in [1.29, 1.82) is 0 Å². The summed E-state index contributed by atoms with van der Waals surface area (Å²) < 4.78 is 5.74. The van der Waals surface area contributed by atoms with Crippen LogP contribution >= 0.6 is 11.8 Å². The van der Waals surface area contributed by atoms with Crippen molar-refractivity contribution in [2.45, 2.75) is 51.8 Å². The summed E-state index contributed by atoms with van der Waals surface area (Å²) >= 11 is 1.80. The number of unbranched alkanes of at least 4 members (excludes halogenated alkanes) is 1. The van der Waals surface area contributed by atoms with Crippen molar-refractivity contribution in [2.75, 3.05) is 12.8 Å². The average molecular weight is 269 g/mol. The van der Waals surface area contributed by atoms with Crippen molar-refractivity contribution in [3.8, 4) is 0 Å². The number of hydrogen-bond donors (Lipinski definition) is 1. The summed E-state index contributed by atoms with van der Waals surface area (Å²) in [6, 6.07) is 4.17. The molecule has 0 aliphatic carbocycles. The van der Waals surface area contributed by atoms with E-state index in [9.17, 15) is 0 Å². The van der Waals surface area contributed by atoms with Gasteiger partial charge in [-0.05, 0) is 37.3 Å². The van der Waals surface area contributed by atoms with Crippen LogP contribution in [-0.4, -0.2) is 12.8 Å². The molecule has 104 valence electrons. The lowest BCUT2D eigenvalue weighted by Gasteiger charge is -2.14. The Morgan fingerprint density at radius 1 is 1.28 bits per heavy atom. The van der Waals surface area contributed by atoms with Gasteiger partial charge in [0.25, 0.3) is 0 Å². The van der Waals surface area contributed by atoms with Crippen LogP contribution in [0.15, 0.2) is 16.5 Å². The van der Waals surface area contributed by atoms with Crippen molar-refractivity contribution in [1.82, 2.24) is 5.32 Å². The molecule has 0 saturated heterocycles. The van der Waals surface area contributed by atoms with E-state index >= 15 is 0 Å². The Kier molecular flexibility index (Phi) is 8.27. The molecule has 0 aliphatic heterocycles. The zero-order chi connectivity index (χ0) is 13.2. The molecule has 0 radical (unpaired) electrons. The van der Waals surface area contributed by atoms with E-state index in [2.05, 4.69) is 37.6 Å². The summed E-state index contributed by atoms with van der Waals surface area (Å²) in [5.74, 6) is 3.92. The summed E-state index contributed by atoms with van der Waals surface area (Å²) in [7, 11) is 0. The summed E-state index contributed by atoms with van der Waals surface area (Å²) in [6.07, 6.45) is 7.35. The lowest BCUT2D eigenvalue weighted by molar-refractivity contribution is 0.398. The first-order valence-corrected chi connectivity index (χ1v) is 8.46. The van der Waals surface area contributed by atoms with Gasteiger partial charge in [-0.3, -0.25) is 0 Å². The standard InChI is InChI=1S/C15H27NOS/c1-4-6-7-13(5-2)10-16-11-14-8-9-15(17-14)12-18-3/h8-9,13,16H,4-7,10-12H2,1-3H3. The Morgan fingerprint density at radius 3 is 2.72 bits per heavy atom. The predicted octanol–water partition coefficient (Wildman–Crippen LogP) is 4.45. The molecular formula is C15H27NOS. The van der Waals surface area contributed by atoms with Crippen LogP contribution in [0, 0.1) is 5.92 Å². The quantitative estimate of drug-likeness (QED) is 0.679. The van der Waals surface area contributed by atoms with Gasteiger partial charge in [0.15, 0.2) is 0 Å². The van der Waals surface area contributed by atoms with Gasteiger partial charge in [-0.15, -0.1) is 0 Å². The zero-order valence-corrected chi connectivity index (χ0v) is 12.8. The van der Waals surface area contributed by atoms with Gasteiger partial charge in [0.1, 0.15) is 11.5 Å². The first kappa shape index (κ1) is 15.6. The maximum atomic E-state index is 5.74. The topological polar surface area (TPSA) is 25.2 Å². The van der Waals surface area contributed by atoms with Gasteiger partial charge < -0.3 is 9.73 Å². The van der Waals surface area contributed by atoms with E-state index in [-0.39, 0.29) is 0 Å². The van der Waals surface area contributed by atoms with Crippen molar-refractivity contribution in [3.63, 3.8) is 0 Å². The van der Waals surface area contributed by atoms with Crippen LogP contribution in [0.2, 0.25) is 0 Å². The van der Waals surface area contributed by atoms with Gasteiger partial charge in [-0.1, -0.05) is 33.1 Å². The van der Waals surface area contributed by atoms with Crippen molar-refractivity contribution >= 4 is 11.8 Å². The molecule has 1 aromatic heterocycles. The van der Waals surface area contributed by atoms with E-state index in [1.165, 1.54) is 25.7 Å². The SMILES string of the molecule is CCCCC(CC)CNCc1ccc(CSC)o1. The lowest BCUT2D eigenvalue weighted by Crippen LogP contribution is -2.21. The van der Waals surface area contributed by atoms with Gasteiger partial charge in [0.05, 0.1) is 12.3 Å². The van der Waals surface area contributed by atoms with Gasteiger partial charge in [0, 0.05) is 0 Å². The summed E-state index contributed by atoms with van der Waals surface area (Å²) in [6.45, 7) is 6.51. The minimum absolute atomic E-state index is 0.811. The maximum absolute atomic E-state index is 5.74. The Hall–Kier alpha value is -0.410. The molecule has 0 spiro atoms. The smallest absolute Gasteiger partial charge is 0.117 e. The highest BCUT2D eigenvalue weighted by Gasteiger charge is 2.06. The highest BCUT2D eigenvalue weighted by molar-refractivity contribution is 7.97. The second-order valence-corrected chi connectivity index (χ2v) is 5.71. The molecule has 0 amide bonds. The largest absolute Gasteiger partial charge is 0.464 e. The second kappa shape index (κ2) is 9.51. The molecule has 0 bridgehead atoms. The molecule has 1 N–H and O–H groups in total. The molecule has 2 nitrogen and oxygen atoms in total. The van der Waals surface area contributed by atoms with Gasteiger partial charge in [-0.25, -0.2) is 0 Å². The Morgan fingerprint density at radius 2 is 2.06 bits per heavy atom. The molecule has 1 unspecified atom stereocenters. The number of rotatable bonds is 10. The van der Waals surface area contributed by atoms with Crippen LogP contribution in [-0.2, 0) is 12.3 Å². The maximum Gasteiger partial charge on any atom is 0.117 e. The molecule has 0 fully saturated rings. The molecule has 0 aromatic carbocycles. The third-order valence-corrected chi connectivity index (χ3v) is 3.85. The highest BCUT2D eigenvalue weighted by Crippen LogP contribution is 2.14. The second-order valence-electron chi connectivity index (χ2n) is 4.85. The minimum atomic E-state index is 0.811. The fourth-order valence-corrected chi connectivity index (χ4v) is 2.52. The average Bonchev–Trinajstić information content (AvgIpc) is 2.82. The molecule has 1 aromatic rings. The Balaban J connectivity index is 2.22. The number of nitrogens with one attached hydrogen (secondary N) is 1. The van der Waals surface area contributed by atoms with Crippen LogP contribution < -0.4 is 5.32 Å². The van der Waals surface area contributed by atoms with Crippen LogP contribution in [0.4, 0.5) is 0 Å². The minimum Gasteiger partial charge on any atom is -0.464 e. The normalized spacial score (nSPS) is 12.8. The molecule has 1 rings (SSSR count). The van der Waals surface area contributed by atoms with Crippen molar-refractivity contribution in [2.24, 2.45) is 5.92 Å². The first-order valence-electron chi connectivity index (χ1n) is 7.07. The molecule has 3 heteroatoms. The van der Waals surface area contributed by atoms with E-state index in [1.54, 1.807) is 11.8 Å². The Bertz CT molecular complexity index is 311. The van der Waals surface area contributed by atoms with E-state index < -0.39 is 0 Å². The molecule has 18 heavy (non-hydrogen) atoms. The fourth-order valence-electron chi connectivity index (χ4n) is 2.08. The van der Waals surface area contributed by atoms with Crippen LogP contribution in [0.25, 0.3) is 0 Å². The van der Waals surface area contributed by atoms with Crippen LogP contribution in [0.5, 0.6) is 0 Å². The zero-order valence-electron chi connectivity index (χ0n) is 12.0. The Labute approximate surface area is 116 Å². The lowest BCUT2D eigenvalue weighted by atomic mass is 9.99. The number of furan rings is 1. The monoisotopic (exact) mass is 269 g/mol. The summed E-state index contributed by atoms with van der Waals surface area (Å²) in [5, 5.41) is 3.52. The van der Waals surface area contributed by atoms with E-state index in [1.807, 2.05) is 0 Å². The molecule has 0 saturated carbocycles. The van der Waals surface area contributed by atoms with Gasteiger partial charge in [0.2, 0.25) is 0 Å². The molecule has 0 aliphatic rings. The molecule has 1 atom stereocenters. The summed E-state index contributed by atoms with van der Waals surface area (Å²) in [5.41, 5.74) is 0. The fraction of sp³-hybridized carbons (Fsp3) is 0.733.